The smallest absolute Gasteiger partial charge is 0.430 e. The number of carbonyl (C=O) groups excluding carboxylic acids is 2. The zero-order valence-corrected chi connectivity index (χ0v) is 25.7. The largest absolute Gasteiger partial charge is 0.494 e. The van der Waals surface area contributed by atoms with Crippen molar-refractivity contribution in [3.05, 3.63) is 53.2 Å². The molecule has 11 heteroatoms. The van der Waals surface area contributed by atoms with Crippen LogP contribution in [0.1, 0.15) is 67.6 Å². The second kappa shape index (κ2) is 12.7. The minimum absolute atomic E-state index is 0.0651. The number of carbonyl (C=O) groups is 2. The molecule has 0 unspecified atom stereocenters. The van der Waals surface area contributed by atoms with E-state index in [-0.39, 0.29) is 42.7 Å². The second-order valence-corrected chi connectivity index (χ2v) is 12.4. The number of alkyl halides is 3. The van der Waals surface area contributed by atoms with Crippen molar-refractivity contribution in [2.24, 2.45) is 11.3 Å². The number of rotatable bonds is 8. The summed E-state index contributed by atoms with van der Waals surface area (Å²) in [7, 11) is 3.43. The number of likely N-dealkylation sites (tertiary alicyclic amines) is 1. The van der Waals surface area contributed by atoms with Gasteiger partial charge in [0.25, 0.3) is 17.4 Å². The normalized spacial score (nSPS) is 19.1. The molecule has 2 amide bonds. The number of hydrogen-bond donors (Lipinski definition) is 1. The zero-order chi connectivity index (χ0) is 31.6. The summed E-state index contributed by atoms with van der Waals surface area (Å²) in [6.07, 6.45) is -1.22. The molecule has 1 aromatic heterocycles. The van der Waals surface area contributed by atoms with Crippen molar-refractivity contribution in [1.82, 2.24) is 14.8 Å². The number of piperidine rings is 2. The lowest BCUT2D eigenvalue weighted by Crippen LogP contribution is -2.57. The van der Waals surface area contributed by atoms with Gasteiger partial charge >= 0.3 is 6.18 Å². The van der Waals surface area contributed by atoms with Crippen molar-refractivity contribution in [1.29, 1.82) is 0 Å². The van der Waals surface area contributed by atoms with Gasteiger partial charge < -0.3 is 24.5 Å². The Kier molecular flexibility index (Phi) is 9.63. The lowest BCUT2D eigenvalue weighted by molar-refractivity contribution is -0.262. The first-order valence-corrected chi connectivity index (χ1v) is 14.9. The summed E-state index contributed by atoms with van der Waals surface area (Å²) in [5.41, 5.74) is -2.83. The minimum atomic E-state index is -5.19. The van der Waals surface area contributed by atoms with Crippen LogP contribution in [0, 0.1) is 18.3 Å². The van der Waals surface area contributed by atoms with Crippen LogP contribution in [0.5, 0.6) is 5.75 Å². The third kappa shape index (κ3) is 6.92. The van der Waals surface area contributed by atoms with E-state index in [2.05, 4.69) is 11.8 Å². The van der Waals surface area contributed by atoms with Gasteiger partial charge in [-0.1, -0.05) is 19.1 Å². The van der Waals surface area contributed by atoms with E-state index >= 15 is 0 Å². The monoisotopic (exact) mass is 604 g/mol. The molecule has 0 spiro atoms. The minimum Gasteiger partial charge on any atom is -0.494 e. The molecule has 8 nitrogen and oxygen atoms in total. The first-order valence-electron chi connectivity index (χ1n) is 14.9. The molecule has 1 aromatic carbocycles. The van der Waals surface area contributed by atoms with E-state index in [1.807, 2.05) is 19.1 Å². The standard InChI is InChI=1S/C32H43F3N4O4/c1-6-43-25-9-7-8-24(20-25)31(42,32(33,34)35)29(41)39-16-12-23(13-17-39)21-30(3)14-18-38(19-15-30)27-11-10-26(22(2)36-27)28(40)37(4)5/h7-11,20,23,42H,6,12-19,21H2,1-5H3/t31-/m1/s1. The average molecular weight is 605 g/mol. The zero-order valence-electron chi connectivity index (χ0n) is 25.7. The maximum atomic E-state index is 14.2. The van der Waals surface area contributed by atoms with Crippen molar-refractivity contribution >= 4 is 17.6 Å². The van der Waals surface area contributed by atoms with Gasteiger partial charge in [0.15, 0.2) is 0 Å². The highest BCUT2D eigenvalue weighted by atomic mass is 19.4. The first kappa shape index (κ1) is 32.6. The van der Waals surface area contributed by atoms with Gasteiger partial charge in [-0.25, -0.2) is 4.98 Å². The number of nitrogens with zero attached hydrogens (tertiary/aromatic N) is 4. The van der Waals surface area contributed by atoms with Gasteiger partial charge in [0.1, 0.15) is 11.6 Å². The van der Waals surface area contributed by atoms with E-state index in [1.54, 1.807) is 21.0 Å². The van der Waals surface area contributed by atoms with Crippen molar-refractivity contribution in [3.8, 4) is 5.75 Å². The van der Waals surface area contributed by atoms with Gasteiger partial charge in [-0.2, -0.15) is 13.2 Å². The highest BCUT2D eigenvalue weighted by Crippen LogP contribution is 2.44. The Morgan fingerprint density at radius 2 is 1.74 bits per heavy atom. The van der Waals surface area contributed by atoms with Gasteiger partial charge in [-0.15, -0.1) is 0 Å². The van der Waals surface area contributed by atoms with Crippen molar-refractivity contribution in [3.63, 3.8) is 0 Å². The van der Waals surface area contributed by atoms with Crippen molar-refractivity contribution in [2.75, 3.05) is 51.8 Å². The molecule has 0 radical (unpaired) electrons. The Morgan fingerprint density at radius 3 is 2.30 bits per heavy atom. The lowest BCUT2D eigenvalue weighted by Gasteiger charge is -2.44. The number of halogens is 3. The number of hydrogen-bond acceptors (Lipinski definition) is 6. The molecule has 1 atom stereocenters. The summed E-state index contributed by atoms with van der Waals surface area (Å²) in [5.74, 6) is -0.124. The Morgan fingerprint density at radius 1 is 1.09 bits per heavy atom. The molecule has 2 aromatic rings. The van der Waals surface area contributed by atoms with Crippen LogP contribution in [-0.4, -0.2) is 84.8 Å². The summed E-state index contributed by atoms with van der Waals surface area (Å²) in [6, 6.07) is 8.77. The van der Waals surface area contributed by atoms with Crippen LogP contribution in [-0.2, 0) is 10.4 Å². The third-order valence-electron chi connectivity index (χ3n) is 8.97. The molecular weight excluding hydrogens is 561 g/mol. The van der Waals surface area contributed by atoms with E-state index in [4.69, 9.17) is 9.72 Å². The van der Waals surface area contributed by atoms with E-state index in [0.29, 0.717) is 24.1 Å². The molecule has 0 aliphatic carbocycles. The third-order valence-corrected chi connectivity index (χ3v) is 8.97. The molecule has 1 N–H and O–H groups in total. The van der Waals surface area contributed by atoms with Crippen molar-refractivity contribution < 1.29 is 32.6 Å². The van der Waals surface area contributed by atoms with E-state index < -0.39 is 23.2 Å². The Balaban J connectivity index is 1.35. The summed E-state index contributed by atoms with van der Waals surface area (Å²) < 4.78 is 48.1. The number of ether oxygens (including phenoxy) is 1. The molecule has 4 rings (SSSR count). The maximum absolute atomic E-state index is 14.2. The van der Waals surface area contributed by atoms with Crippen LogP contribution in [0.25, 0.3) is 0 Å². The fourth-order valence-electron chi connectivity index (χ4n) is 6.32. The molecular formula is C32H43F3N4O4. The van der Waals surface area contributed by atoms with Gasteiger partial charge in [0, 0.05) is 45.8 Å². The van der Waals surface area contributed by atoms with E-state index in [9.17, 15) is 27.9 Å². The number of aryl methyl sites for hydroxylation is 1. The van der Waals surface area contributed by atoms with Crippen LogP contribution < -0.4 is 9.64 Å². The fourth-order valence-corrected chi connectivity index (χ4v) is 6.32. The number of aliphatic hydroxyl groups is 1. The molecule has 2 fully saturated rings. The van der Waals surface area contributed by atoms with Crippen LogP contribution >= 0.6 is 0 Å². The quantitative estimate of drug-likeness (QED) is 0.447. The number of aromatic nitrogens is 1. The second-order valence-electron chi connectivity index (χ2n) is 12.4. The molecule has 2 aliphatic heterocycles. The SMILES string of the molecule is CCOc1cccc([C@@](O)(C(=O)N2CCC(CC3(C)CCN(c4ccc(C(=O)N(C)C)c(C)n4)CC3)CC2)C(F)(F)F)c1. The summed E-state index contributed by atoms with van der Waals surface area (Å²) >= 11 is 0. The number of amides is 2. The van der Waals surface area contributed by atoms with E-state index in [1.165, 1.54) is 17.0 Å². The van der Waals surface area contributed by atoms with Crippen LogP contribution in [0.3, 0.4) is 0 Å². The van der Waals surface area contributed by atoms with Crippen LogP contribution in [0.2, 0.25) is 0 Å². The summed E-state index contributed by atoms with van der Waals surface area (Å²) in [6.45, 7) is 8.02. The molecule has 0 saturated carbocycles. The van der Waals surface area contributed by atoms with Crippen LogP contribution in [0.15, 0.2) is 36.4 Å². The highest BCUT2D eigenvalue weighted by molar-refractivity contribution is 5.95. The molecule has 2 saturated heterocycles. The Hall–Kier alpha value is -3.34. The summed E-state index contributed by atoms with van der Waals surface area (Å²) in [4.78, 5) is 35.2. The van der Waals surface area contributed by atoms with Crippen LogP contribution in [0.4, 0.5) is 19.0 Å². The number of benzene rings is 1. The lowest BCUT2D eigenvalue weighted by atomic mass is 9.71. The van der Waals surface area contributed by atoms with E-state index in [0.717, 1.165) is 55.2 Å². The Bertz CT molecular complexity index is 1300. The number of pyridine rings is 1. The van der Waals surface area contributed by atoms with Gasteiger partial charge in [-0.05, 0) is 81.5 Å². The number of anilines is 1. The predicted molar refractivity (Wildman–Crippen MR) is 158 cm³/mol. The molecule has 0 bridgehead atoms. The Labute approximate surface area is 251 Å². The van der Waals surface area contributed by atoms with Crippen molar-refractivity contribution in [2.45, 2.75) is 64.7 Å². The predicted octanol–water partition coefficient (Wildman–Crippen LogP) is 5.18. The first-order chi connectivity index (χ1) is 20.2. The molecule has 2 aliphatic rings. The summed E-state index contributed by atoms with van der Waals surface area (Å²) in [5, 5.41) is 10.9. The highest BCUT2D eigenvalue weighted by Gasteiger charge is 2.62. The molecule has 43 heavy (non-hydrogen) atoms. The molecule has 3 heterocycles. The van der Waals surface area contributed by atoms with Gasteiger partial charge in [0.05, 0.1) is 17.9 Å². The fraction of sp³-hybridized carbons (Fsp3) is 0.594. The maximum Gasteiger partial charge on any atom is 0.430 e. The van der Waals surface area contributed by atoms with Gasteiger partial charge in [-0.3, -0.25) is 9.59 Å². The van der Waals surface area contributed by atoms with Gasteiger partial charge in [0.2, 0.25) is 0 Å². The topological polar surface area (TPSA) is 86.2 Å². The molecule has 236 valence electrons. The average Bonchev–Trinajstić information content (AvgIpc) is 2.96.